The first-order valence-electron chi connectivity index (χ1n) is 4.86. The number of nitrogens with one attached hydrogen (secondary N) is 1. The topological polar surface area (TPSA) is 55.1 Å². The molecule has 0 saturated carbocycles. The molecule has 0 saturated heterocycles. The van der Waals surface area contributed by atoms with E-state index in [2.05, 4.69) is 5.32 Å². The summed E-state index contributed by atoms with van der Waals surface area (Å²) in [6.45, 7) is 2.30. The highest BCUT2D eigenvalue weighted by atomic mass is 35.5. The van der Waals surface area contributed by atoms with Crippen molar-refractivity contribution in [3.8, 4) is 0 Å². The lowest BCUT2D eigenvalue weighted by molar-refractivity contribution is -0.120. The van der Waals surface area contributed by atoms with Gasteiger partial charge in [0.15, 0.2) is 0 Å². The van der Waals surface area contributed by atoms with Crippen LogP contribution in [0.3, 0.4) is 0 Å². The Bertz CT molecular complexity index is 345. The van der Waals surface area contributed by atoms with Crippen molar-refractivity contribution in [2.75, 3.05) is 6.54 Å². The second kappa shape index (κ2) is 7.49. The molecule has 0 bridgehead atoms. The maximum Gasteiger partial charge on any atom is 0.224 e. The van der Waals surface area contributed by atoms with Crippen molar-refractivity contribution >= 4 is 29.9 Å². The van der Waals surface area contributed by atoms with Crippen LogP contribution in [0.4, 0.5) is 0 Å². The average Bonchev–Trinajstić information content (AvgIpc) is 2.21. The molecule has 1 aromatic carbocycles. The third kappa shape index (κ3) is 4.84. The molecular weight excluding hydrogens is 247 g/mol. The van der Waals surface area contributed by atoms with Crippen LogP contribution in [0.5, 0.6) is 0 Å². The maximum absolute atomic E-state index is 11.5. The minimum absolute atomic E-state index is 0. The molecule has 0 spiro atoms. The normalized spacial score (nSPS) is 11.4. The third-order valence-electron chi connectivity index (χ3n) is 2.07. The monoisotopic (exact) mass is 262 g/mol. The lowest BCUT2D eigenvalue weighted by Gasteiger charge is -2.11. The van der Waals surface area contributed by atoms with Gasteiger partial charge in [0.05, 0.1) is 6.42 Å². The van der Waals surface area contributed by atoms with Crippen molar-refractivity contribution < 1.29 is 4.79 Å². The summed E-state index contributed by atoms with van der Waals surface area (Å²) in [6.07, 6.45) is 0.296. The van der Waals surface area contributed by atoms with E-state index in [0.29, 0.717) is 18.0 Å². The van der Waals surface area contributed by atoms with Gasteiger partial charge in [-0.2, -0.15) is 0 Å². The number of halogens is 2. The summed E-state index contributed by atoms with van der Waals surface area (Å²) < 4.78 is 0. The first-order valence-corrected chi connectivity index (χ1v) is 5.24. The number of hydrogen-bond donors (Lipinski definition) is 2. The van der Waals surface area contributed by atoms with Gasteiger partial charge in [-0.05, 0) is 18.6 Å². The van der Waals surface area contributed by atoms with Gasteiger partial charge in [0.25, 0.3) is 0 Å². The highest BCUT2D eigenvalue weighted by molar-refractivity contribution is 6.31. The van der Waals surface area contributed by atoms with E-state index < -0.39 is 0 Å². The van der Waals surface area contributed by atoms with Gasteiger partial charge in [0.1, 0.15) is 0 Å². The zero-order valence-electron chi connectivity index (χ0n) is 9.07. The Morgan fingerprint density at radius 1 is 1.50 bits per heavy atom. The fourth-order valence-electron chi connectivity index (χ4n) is 1.20. The number of carbonyl (C=O) groups is 1. The van der Waals surface area contributed by atoms with E-state index in [1.54, 1.807) is 6.07 Å². The van der Waals surface area contributed by atoms with Gasteiger partial charge < -0.3 is 11.1 Å². The van der Waals surface area contributed by atoms with Gasteiger partial charge in [-0.3, -0.25) is 4.79 Å². The molecular formula is C11H16Cl2N2O. The van der Waals surface area contributed by atoms with Gasteiger partial charge in [-0.15, -0.1) is 12.4 Å². The summed E-state index contributed by atoms with van der Waals surface area (Å²) in [5, 5.41) is 3.40. The van der Waals surface area contributed by atoms with E-state index in [9.17, 15) is 4.79 Å². The fourth-order valence-corrected chi connectivity index (χ4v) is 1.40. The van der Waals surface area contributed by atoms with Gasteiger partial charge >= 0.3 is 0 Å². The Balaban J connectivity index is 0.00000225. The molecule has 5 heteroatoms. The van der Waals surface area contributed by atoms with E-state index in [4.69, 9.17) is 17.3 Å². The third-order valence-corrected chi connectivity index (χ3v) is 2.44. The van der Waals surface area contributed by atoms with Gasteiger partial charge in [0, 0.05) is 17.6 Å². The highest BCUT2D eigenvalue weighted by Crippen LogP contribution is 2.15. The van der Waals surface area contributed by atoms with Crippen LogP contribution < -0.4 is 11.1 Å². The Labute approximate surface area is 107 Å². The predicted molar refractivity (Wildman–Crippen MR) is 69.1 cm³/mol. The summed E-state index contributed by atoms with van der Waals surface area (Å²) in [7, 11) is 0. The summed E-state index contributed by atoms with van der Waals surface area (Å²) >= 11 is 5.93. The Hall–Kier alpha value is -0.770. The molecule has 0 heterocycles. The molecule has 0 aliphatic carbocycles. The van der Waals surface area contributed by atoms with Crippen LogP contribution in [-0.4, -0.2) is 18.5 Å². The van der Waals surface area contributed by atoms with Crippen LogP contribution >= 0.6 is 24.0 Å². The maximum atomic E-state index is 11.5. The molecule has 0 radical (unpaired) electrons. The SMILES string of the molecule is C[C@H](CN)NC(=O)Cc1ccccc1Cl.Cl. The quantitative estimate of drug-likeness (QED) is 0.869. The van der Waals surface area contributed by atoms with Crippen molar-refractivity contribution in [1.29, 1.82) is 0 Å². The summed E-state index contributed by atoms with van der Waals surface area (Å²) in [4.78, 5) is 11.5. The number of hydrogen-bond acceptors (Lipinski definition) is 2. The zero-order chi connectivity index (χ0) is 11.3. The fraction of sp³-hybridized carbons (Fsp3) is 0.364. The van der Waals surface area contributed by atoms with Gasteiger partial charge in [0.2, 0.25) is 5.91 Å². The molecule has 90 valence electrons. The van der Waals surface area contributed by atoms with Crippen LogP contribution in [0.1, 0.15) is 12.5 Å². The lowest BCUT2D eigenvalue weighted by atomic mass is 10.1. The molecule has 0 unspecified atom stereocenters. The van der Waals surface area contributed by atoms with Gasteiger partial charge in [-0.25, -0.2) is 0 Å². The standard InChI is InChI=1S/C11H15ClN2O.ClH/c1-8(7-13)14-11(15)6-9-4-2-3-5-10(9)12;/h2-5,8H,6-7,13H2,1H3,(H,14,15);1H/t8-;/m1./s1. The summed E-state index contributed by atoms with van der Waals surface area (Å²) in [6, 6.07) is 7.32. The summed E-state index contributed by atoms with van der Waals surface area (Å²) in [5.41, 5.74) is 6.24. The van der Waals surface area contributed by atoms with Crippen molar-refractivity contribution in [1.82, 2.24) is 5.32 Å². The summed E-state index contributed by atoms with van der Waals surface area (Å²) in [5.74, 6) is -0.0546. The second-order valence-corrected chi connectivity index (χ2v) is 3.88. The van der Waals surface area contributed by atoms with E-state index >= 15 is 0 Å². The minimum atomic E-state index is -0.0546. The van der Waals surface area contributed by atoms with E-state index in [-0.39, 0.29) is 24.4 Å². The molecule has 3 N–H and O–H groups in total. The largest absolute Gasteiger partial charge is 0.352 e. The van der Waals surface area contributed by atoms with Crippen LogP contribution in [0.15, 0.2) is 24.3 Å². The number of carbonyl (C=O) groups excluding carboxylic acids is 1. The lowest BCUT2D eigenvalue weighted by Crippen LogP contribution is -2.38. The molecule has 0 fully saturated rings. The van der Waals surface area contributed by atoms with Crippen LogP contribution in [0.2, 0.25) is 5.02 Å². The number of amides is 1. The molecule has 1 rings (SSSR count). The molecule has 1 aromatic rings. The zero-order valence-corrected chi connectivity index (χ0v) is 10.6. The Kier molecular flexibility index (Phi) is 7.13. The average molecular weight is 263 g/mol. The molecule has 1 atom stereocenters. The van der Waals surface area contributed by atoms with E-state index in [1.807, 2.05) is 25.1 Å². The molecule has 1 amide bonds. The van der Waals surface area contributed by atoms with E-state index in [0.717, 1.165) is 5.56 Å². The van der Waals surface area contributed by atoms with E-state index in [1.165, 1.54) is 0 Å². The van der Waals surface area contributed by atoms with Crippen molar-refractivity contribution in [3.63, 3.8) is 0 Å². The predicted octanol–water partition coefficient (Wildman–Crippen LogP) is 1.77. The minimum Gasteiger partial charge on any atom is -0.352 e. The number of nitrogens with two attached hydrogens (primary N) is 1. The van der Waals surface area contributed by atoms with Crippen LogP contribution in [0, 0.1) is 0 Å². The van der Waals surface area contributed by atoms with Crippen LogP contribution in [0.25, 0.3) is 0 Å². The van der Waals surface area contributed by atoms with Crippen molar-refractivity contribution in [3.05, 3.63) is 34.9 Å². The molecule has 0 aromatic heterocycles. The Morgan fingerprint density at radius 3 is 2.69 bits per heavy atom. The second-order valence-electron chi connectivity index (χ2n) is 3.47. The van der Waals surface area contributed by atoms with Gasteiger partial charge in [-0.1, -0.05) is 29.8 Å². The van der Waals surface area contributed by atoms with Crippen molar-refractivity contribution in [2.24, 2.45) is 5.73 Å². The molecule has 0 aliphatic rings. The van der Waals surface area contributed by atoms with Crippen LogP contribution in [-0.2, 0) is 11.2 Å². The smallest absolute Gasteiger partial charge is 0.224 e. The number of benzene rings is 1. The number of rotatable bonds is 4. The Morgan fingerprint density at radius 2 is 2.12 bits per heavy atom. The van der Waals surface area contributed by atoms with Crippen molar-refractivity contribution in [2.45, 2.75) is 19.4 Å². The first kappa shape index (κ1) is 15.2. The first-order chi connectivity index (χ1) is 7.13. The molecule has 16 heavy (non-hydrogen) atoms. The molecule has 0 aliphatic heterocycles. The molecule has 3 nitrogen and oxygen atoms in total. The highest BCUT2D eigenvalue weighted by Gasteiger charge is 2.08.